The quantitative estimate of drug-likeness (QED) is 0.114. The highest BCUT2D eigenvalue weighted by molar-refractivity contribution is 6.07. The van der Waals surface area contributed by atoms with Crippen LogP contribution in [-0.2, 0) is 10.8 Å². The second kappa shape index (κ2) is 20.4. The van der Waals surface area contributed by atoms with Crippen molar-refractivity contribution >= 4 is 68.2 Å². The number of hydrogen-bond donors (Lipinski definition) is 0. The fourth-order valence-corrected chi connectivity index (χ4v) is 13.7. The number of anilines is 6. The van der Waals surface area contributed by atoms with Crippen molar-refractivity contribution in [3.63, 3.8) is 0 Å². The molecule has 87 heavy (non-hydrogen) atoms. The number of fused-ring (bicyclic) bond motifs is 9. The first kappa shape index (κ1) is 52.9. The van der Waals surface area contributed by atoms with E-state index < -0.39 is 34.1 Å². The highest BCUT2D eigenvalue weighted by Crippen LogP contribution is 2.60. The van der Waals surface area contributed by atoms with E-state index in [4.69, 9.17) is 4.42 Å². The van der Waals surface area contributed by atoms with Crippen molar-refractivity contribution in [2.45, 2.75) is 10.8 Å². The molecule has 12 aromatic carbocycles. The van der Waals surface area contributed by atoms with Gasteiger partial charge in [0, 0.05) is 57.8 Å². The Morgan fingerprint density at radius 3 is 1.02 bits per heavy atom. The van der Waals surface area contributed by atoms with E-state index in [1.807, 2.05) is 121 Å². The van der Waals surface area contributed by atoms with E-state index in [2.05, 4.69) is 61.7 Å². The van der Waals surface area contributed by atoms with Gasteiger partial charge in [-0.25, -0.2) is 26.3 Å². The van der Waals surface area contributed by atoms with Crippen LogP contribution in [0.4, 0.5) is 60.5 Å². The molecule has 0 spiro atoms. The molecule has 2 atom stereocenters. The first-order chi connectivity index (χ1) is 42.5. The lowest BCUT2D eigenvalue weighted by Gasteiger charge is -2.35. The van der Waals surface area contributed by atoms with Gasteiger partial charge in [-0.2, -0.15) is 0 Å². The summed E-state index contributed by atoms with van der Waals surface area (Å²) in [7, 11) is 0. The van der Waals surface area contributed by atoms with E-state index in [1.54, 1.807) is 46.2 Å². The highest BCUT2D eigenvalue weighted by atomic mass is 19.2. The van der Waals surface area contributed by atoms with Crippen molar-refractivity contribution in [1.82, 2.24) is 0 Å². The molecule has 0 radical (unpaired) electrons. The Bertz CT molecular complexity index is 4630. The maximum absolute atomic E-state index is 16.7. The molecule has 0 saturated carbocycles. The van der Waals surface area contributed by atoms with Crippen molar-refractivity contribution in [3.05, 3.63) is 358 Å². The van der Waals surface area contributed by atoms with Crippen LogP contribution in [0.2, 0.25) is 0 Å². The number of furan rings is 1. The Hall–Kier alpha value is -10.9. The first-order valence-electron chi connectivity index (χ1n) is 28.4. The smallest absolute Gasteiger partial charge is 0.150 e. The number of nitrogens with zero attached hydrogens (tertiary/aromatic N) is 2. The van der Waals surface area contributed by atoms with Gasteiger partial charge in [-0.1, -0.05) is 159 Å². The molecule has 1 aromatic heterocycles. The van der Waals surface area contributed by atoms with E-state index in [0.29, 0.717) is 33.9 Å². The summed E-state index contributed by atoms with van der Waals surface area (Å²) in [6.07, 6.45) is 3.56. The van der Waals surface area contributed by atoms with E-state index >= 15 is 8.78 Å². The van der Waals surface area contributed by atoms with Crippen molar-refractivity contribution < 1.29 is 30.8 Å². The molecule has 0 fully saturated rings. The van der Waals surface area contributed by atoms with E-state index in [9.17, 15) is 17.6 Å². The molecule has 0 bridgehead atoms. The van der Waals surface area contributed by atoms with Gasteiger partial charge >= 0.3 is 0 Å². The predicted molar refractivity (Wildman–Crippen MR) is 338 cm³/mol. The largest absolute Gasteiger partial charge is 0.456 e. The minimum Gasteiger partial charge on any atom is -0.456 e. The summed E-state index contributed by atoms with van der Waals surface area (Å²) in [4.78, 5) is 3.47. The molecule has 0 saturated heterocycles. The zero-order chi connectivity index (χ0) is 59.3. The molecule has 2 aliphatic rings. The highest BCUT2D eigenvalue weighted by Gasteiger charge is 2.48. The summed E-state index contributed by atoms with van der Waals surface area (Å²) in [5, 5.41) is 1.45. The summed E-state index contributed by atoms with van der Waals surface area (Å²) in [6, 6.07) is 75.6. The van der Waals surface area contributed by atoms with Crippen LogP contribution in [-0.4, -0.2) is 0 Å². The average molecular weight is 1140 g/mol. The molecule has 0 amide bonds. The standard InChI is InChI=1S/C78H48F6N2O/c1-3-47-13-17-49(18-14-47)77(51-21-25-53(79)26-22-51)67-11-7-5-9-61(67)63-35-31-57(43-69(63)77)85(73-39-29-55(81)41-71(73)83)59-33-37-65-66-38-34-60(46-76(66)87-75(65)45-59)86(74-40-30-56(82)42-72(74)84)58-32-36-64-62-10-6-8-12-68(62)78(70(64)44-58,52-23-27-54(80)28-24-52)50-19-15-48(4-2)16-20-50/h3-46H,1-2H2. The van der Waals surface area contributed by atoms with Gasteiger partial charge in [0.05, 0.1) is 22.2 Å². The van der Waals surface area contributed by atoms with Gasteiger partial charge in [0.15, 0.2) is 0 Å². The van der Waals surface area contributed by atoms with Gasteiger partial charge in [-0.3, -0.25) is 0 Å². The summed E-state index contributed by atoms with van der Waals surface area (Å²) in [5.41, 5.74) is 14.0. The van der Waals surface area contributed by atoms with Crippen LogP contribution in [0, 0.1) is 34.9 Å². The third-order valence-corrected chi connectivity index (χ3v) is 17.5. The lowest BCUT2D eigenvalue weighted by atomic mass is 9.67. The molecule has 9 heteroatoms. The average Bonchev–Trinajstić information content (AvgIpc) is 1.58. The van der Waals surface area contributed by atoms with E-state index in [-0.39, 0.29) is 23.0 Å². The van der Waals surface area contributed by atoms with Gasteiger partial charge in [-0.15, -0.1) is 0 Å². The minimum absolute atomic E-state index is 0.0685. The molecule has 418 valence electrons. The van der Waals surface area contributed by atoms with Crippen molar-refractivity contribution in [2.24, 2.45) is 0 Å². The summed E-state index contributed by atoms with van der Waals surface area (Å²) in [6.45, 7) is 7.97. The van der Waals surface area contributed by atoms with Crippen LogP contribution in [0.3, 0.4) is 0 Å². The zero-order valence-corrected chi connectivity index (χ0v) is 46.4. The molecule has 3 nitrogen and oxygen atoms in total. The molecule has 2 aliphatic carbocycles. The molecule has 1 heterocycles. The van der Waals surface area contributed by atoms with E-state index in [1.165, 1.54) is 48.5 Å². The number of halogens is 6. The summed E-state index contributed by atoms with van der Waals surface area (Å²) >= 11 is 0. The minimum atomic E-state index is -0.971. The first-order valence-corrected chi connectivity index (χ1v) is 28.4. The van der Waals surface area contributed by atoms with Crippen LogP contribution in [0.25, 0.3) is 56.3 Å². The fourth-order valence-electron chi connectivity index (χ4n) is 13.7. The van der Waals surface area contributed by atoms with Gasteiger partial charge < -0.3 is 14.2 Å². The SMILES string of the molecule is C=Cc1ccc(C2(c3ccc(F)cc3)c3ccccc3-c3ccc(N(c4ccc5c(c4)oc4cc(N(c6ccc7c(c6)C(c6ccc(F)cc6)(c6ccc(C=C)cc6)c6ccccc6-7)c6ccc(F)cc6F)ccc45)c4ccc(F)cc4F)cc32)cc1. The van der Waals surface area contributed by atoms with Gasteiger partial charge in [0.25, 0.3) is 0 Å². The Kier molecular flexibility index (Phi) is 12.4. The van der Waals surface area contributed by atoms with Crippen molar-refractivity contribution in [1.29, 1.82) is 0 Å². The van der Waals surface area contributed by atoms with Crippen LogP contribution in [0.15, 0.2) is 272 Å². The lowest BCUT2D eigenvalue weighted by molar-refractivity contribution is 0.583. The zero-order valence-electron chi connectivity index (χ0n) is 46.4. The normalized spacial score (nSPS) is 15.4. The molecule has 2 unspecified atom stereocenters. The number of benzene rings is 12. The van der Waals surface area contributed by atoms with Crippen LogP contribution in [0.1, 0.15) is 55.6 Å². The Morgan fingerprint density at radius 1 is 0.310 bits per heavy atom. The molecule has 0 aliphatic heterocycles. The maximum atomic E-state index is 16.7. The Morgan fingerprint density at radius 2 is 0.644 bits per heavy atom. The second-order valence-electron chi connectivity index (χ2n) is 22.0. The fraction of sp³-hybridized carbons (Fsp3) is 0.0256. The molecule has 13 aromatic rings. The second-order valence-corrected chi connectivity index (χ2v) is 22.0. The topological polar surface area (TPSA) is 19.6 Å². The monoisotopic (exact) mass is 1140 g/mol. The van der Waals surface area contributed by atoms with Crippen LogP contribution >= 0.6 is 0 Å². The van der Waals surface area contributed by atoms with Gasteiger partial charge in [0.1, 0.15) is 46.1 Å². The molecular formula is C78H48F6N2O. The van der Waals surface area contributed by atoms with Crippen LogP contribution < -0.4 is 9.80 Å². The number of hydrogen-bond acceptors (Lipinski definition) is 3. The third kappa shape index (κ3) is 8.21. The van der Waals surface area contributed by atoms with E-state index in [0.717, 1.165) is 101 Å². The molecule has 0 N–H and O–H groups in total. The summed E-state index contributed by atoms with van der Waals surface area (Å²) < 4.78 is 99.9. The van der Waals surface area contributed by atoms with Crippen LogP contribution in [0.5, 0.6) is 0 Å². The van der Waals surface area contributed by atoms with Gasteiger partial charge in [-0.05, 0) is 175 Å². The lowest BCUT2D eigenvalue weighted by Crippen LogP contribution is -2.29. The maximum Gasteiger partial charge on any atom is 0.150 e. The Balaban J connectivity index is 0.897. The number of rotatable bonds is 12. The molecule has 15 rings (SSSR count). The molecular weight excluding hydrogens is 1090 g/mol. The van der Waals surface area contributed by atoms with Crippen molar-refractivity contribution in [2.75, 3.05) is 9.80 Å². The van der Waals surface area contributed by atoms with Gasteiger partial charge in [0.2, 0.25) is 0 Å². The summed E-state index contributed by atoms with van der Waals surface area (Å²) in [5.74, 6) is -3.85. The third-order valence-electron chi connectivity index (χ3n) is 17.5. The Labute approximate surface area is 497 Å². The van der Waals surface area contributed by atoms with Crippen molar-refractivity contribution in [3.8, 4) is 22.3 Å². The predicted octanol–water partition coefficient (Wildman–Crippen LogP) is 21.4.